The second-order valence-electron chi connectivity index (χ2n) is 5.51. The average molecular weight is 329 g/mol. The van der Waals surface area contributed by atoms with E-state index < -0.39 is 0 Å². The quantitative estimate of drug-likeness (QED) is 0.715. The van der Waals surface area contributed by atoms with Crippen molar-refractivity contribution in [2.24, 2.45) is 0 Å². The SMILES string of the molecule is COc1ccc(CN(C)C(=O)CCSc2ccc(C)cc2)cc1. The Morgan fingerprint density at radius 3 is 2.35 bits per heavy atom. The molecule has 0 N–H and O–H groups in total. The molecule has 0 atom stereocenters. The van der Waals surface area contributed by atoms with Crippen LogP contribution in [0.1, 0.15) is 17.5 Å². The second-order valence-corrected chi connectivity index (χ2v) is 6.68. The maximum atomic E-state index is 12.2. The summed E-state index contributed by atoms with van der Waals surface area (Å²) >= 11 is 1.72. The highest BCUT2D eigenvalue weighted by Crippen LogP contribution is 2.19. The zero-order valence-electron chi connectivity index (χ0n) is 13.9. The van der Waals surface area contributed by atoms with Crippen molar-refractivity contribution in [1.29, 1.82) is 0 Å². The van der Waals surface area contributed by atoms with Gasteiger partial charge in [-0.05, 0) is 36.8 Å². The molecule has 3 nitrogen and oxygen atoms in total. The first-order valence-corrected chi connectivity index (χ1v) is 8.63. The smallest absolute Gasteiger partial charge is 0.223 e. The van der Waals surface area contributed by atoms with E-state index in [1.165, 1.54) is 10.5 Å². The van der Waals surface area contributed by atoms with Crippen LogP contribution < -0.4 is 4.74 Å². The maximum absolute atomic E-state index is 12.2. The summed E-state index contributed by atoms with van der Waals surface area (Å²) in [5.74, 6) is 1.80. The Bertz CT molecular complexity index is 623. The number of rotatable bonds is 7. The lowest BCUT2D eigenvalue weighted by Gasteiger charge is -2.17. The lowest BCUT2D eigenvalue weighted by atomic mass is 10.2. The van der Waals surface area contributed by atoms with E-state index in [1.807, 2.05) is 31.3 Å². The minimum absolute atomic E-state index is 0.167. The molecule has 0 heterocycles. The molecular formula is C19H23NO2S. The molecule has 0 saturated heterocycles. The summed E-state index contributed by atoms with van der Waals surface area (Å²) in [4.78, 5) is 15.2. The molecule has 4 heteroatoms. The van der Waals surface area contributed by atoms with Gasteiger partial charge in [0.15, 0.2) is 0 Å². The van der Waals surface area contributed by atoms with Crippen molar-refractivity contribution < 1.29 is 9.53 Å². The van der Waals surface area contributed by atoms with Crippen molar-refractivity contribution in [3.05, 3.63) is 59.7 Å². The van der Waals surface area contributed by atoms with Gasteiger partial charge in [0.25, 0.3) is 0 Å². The van der Waals surface area contributed by atoms with Gasteiger partial charge in [-0.1, -0.05) is 29.8 Å². The molecule has 122 valence electrons. The Morgan fingerprint density at radius 1 is 1.09 bits per heavy atom. The first-order chi connectivity index (χ1) is 11.1. The summed E-state index contributed by atoms with van der Waals surface area (Å²) < 4.78 is 5.14. The molecule has 0 bridgehead atoms. The number of ether oxygens (including phenoxy) is 1. The zero-order valence-corrected chi connectivity index (χ0v) is 14.7. The van der Waals surface area contributed by atoms with E-state index in [-0.39, 0.29) is 5.91 Å². The van der Waals surface area contributed by atoms with E-state index in [2.05, 4.69) is 31.2 Å². The number of thioether (sulfide) groups is 1. The molecule has 1 amide bonds. The van der Waals surface area contributed by atoms with E-state index in [9.17, 15) is 4.79 Å². The van der Waals surface area contributed by atoms with Crippen LogP contribution in [0, 0.1) is 6.92 Å². The molecule has 2 rings (SSSR count). The van der Waals surface area contributed by atoms with E-state index in [0.717, 1.165) is 17.1 Å². The number of hydrogen-bond donors (Lipinski definition) is 0. The summed E-state index contributed by atoms with van der Waals surface area (Å²) in [6.45, 7) is 2.70. The monoisotopic (exact) mass is 329 g/mol. The molecular weight excluding hydrogens is 306 g/mol. The van der Waals surface area contributed by atoms with E-state index in [1.54, 1.807) is 23.8 Å². The van der Waals surface area contributed by atoms with Crippen LogP contribution in [-0.4, -0.2) is 30.7 Å². The zero-order chi connectivity index (χ0) is 16.7. The third-order valence-corrected chi connectivity index (χ3v) is 4.62. The number of hydrogen-bond acceptors (Lipinski definition) is 3. The van der Waals surface area contributed by atoms with Gasteiger partial charge in [-0.3, -0.25) is 4.79 Å². The van der Waals surface area contributed by atoms with Gasteiger partial charge in [0.2, 0.25) is 5.91 Å². The molecule has 0 saturated carbocycles. The van der Waals surface area contributed by atoms with Crippen LogP contribution >= 0.6 is 11.8 Å². The minimum Gasteiger partial charge on any atom is -0.497 e. The minimum atomic E-state index is 0.167. The van der Waals surface area contributed by atoms with Gasteiger partial charge in [0.1, 0.15) is 5.75 Å². The standard InChI is InChI=1S/C19H23NO2S/c1-15-4-10-18(11-5-15)23-13-12-19(21)20(2)14-16-6-8-17(22-3)9-7-16/h4-11H,12-14H2,1-3H3. The fraction of sp³-hybridized carbons (Fsp3) is 0.316. The van der Waals surface area contributed by atoms with Gasteiger partial charge in [-0.2, -0.15) is 0 Å². The summed E-state index contributed by atoms with van der Waals surface area (Å²) in [7, 11) is 3.50. The Morgan fingerprint density at radius 2 is 1.74 bits per heavy atom. The maximum Gasteiger partial charge on any atom is 0.223 e. The third-order valence-electron chi connectivity index (χ3n) is 3.61. The topological polar surface area (TPSA) is 29.5 Å². The van der Waals surface area contributed by atoms with Crippen LogP contribution in [0.4, 0.5) is 0 Å². The summed E-state index contributed by atoms with van der Waals surface area (Å²) in [6, 6.07) is 16.2. The highest BCUT2D eigenvalue weighted by atomic mass is 32.2. The third kappa shape index (κ3) is 5.64. The molecule has 0 radical (unpaired) electrons. The molecule has 0 unspecified atom stereocenters. The van der Waals surface area contributed by atoms with Crippen molar-refractivity contribution in [3.63, 3.8) is 0 Å². The van der Waals surface area contributed by atoms with Gasteiger partial charge < -0.3 is 9.64 Å². The van der Waals surface area contributed by atoms with Crippen LogP contribution in [0.3, 0.4) is 0 Å². The van der Waals surface area contributed by atoms with Gasteiger partial charge >= 0.3 is 0 Å². The van der Waals surface area contributed by atoms with Crippen molar-refractivity contribution in [2.75, 3.05) is 19.9 Å². The number of nitrogens with zero attached hydrogens (tertiary/aromatic N) is 1. The summed E-state index contributed by atoms with van der Waals surface area (Å²) in [6.07, 6.45) is 0.547. The Labute approximate surface area is 142 Å². The molecule has 2 aromatic carbocycles. The summed E-state index contributed by atoms with van der Waals surface area (Å²) in [5.41, 5.74) is 2.36. The van der Waals surface area contributed by atoms with Crippen molar-refractivity contribution in [1.82, 2.24) is 4.90 Å². The molecule has 0 spiro atoms. The largest absolute Gasteiger partial charge is 0.497 e. The number of amides is 1. The fourth-order valence-electron chi connectivity index (χ4n) is 2.17. The van der Waals surface area contributed by atoms with E-state index in [0.29, 0.717) is 13.0 Å². The predicted molar refractivity (Wildman–Crippen MR) is 96.0 cm³/mol. The Hall–Kier alpha value is -1.94. The molecule has 2 aromatic rings. The number of benzene rings is 2. The van der Waals surface area contributed by atoms with Crippen LogP contribution in [0.5, 0.6) is 5.75 Å². The first-order valence-electron chi connectivity index (χ1n) is 7.65. The van der Waals surface area contributed by atoms with Gasteiger partial charge in [-0.25, -0.2) is 0 Å². The van der Waals surface area contributed by atoms with Crippen molar-refractivity contribution >= 4 is 17.7 Å². The predicted octanol–water partition coefficient (Wildman–Crippen LogP) is 4.14. The van der Waals surface area contributed by atoms with Gasteiger partial charge in [0.05, 0.1) is 7.11 Å². The number of methoxy groups -OCH3 is 1. The highest BCUT2D eigenvalue weighted by Gasteiger charge is 2.09. The first kappa shape index (κ1) is 17.4. The van der Waals surface area contributed by atoms with Gasteiger partial charge in [0, 0.05) is 30.7 Å². The molecule has 0 aliphatic heterocycles. The Kier molecular flexibility index (Phi) is 6.53. The average Bonchev–Trinajstić information content (AvgIpc) is 2.57. The van der Waals surface area contributed by atoms with Gasteiger partial charge in [-0.15, -0.1) is 11.8 Å². The molecule has 0 fully saturated rings. The molecule has 0 aromatic heterocycles. The second kappa shape index (κ2) is 8.63. The lowest BCUT2D eigenvalue weighted by molar-refractivity contribution is -0.129. The molecule has 23 heavy (non-hydrogen) atoms. The molecule has 0 aliphatic carbocycles. The normalized spacial score (nSPS) is 10.4. The van der Waals surface area contributed by atoms with Crippen LogP contribution in [0.2, 0.25) is 0 Å². The van der Waals surface area contributed by atoms with Crippen LogP contribution in [0.25, 0.3) is 0 Å². The van der Waals surface area contributed by atoms with Crippen LogP contribution in [0.15, 0.2) is 53.4 Å². The lowest BCUT2D eigenvalue weighted by Crippen LogP contribution is -2.26. The highest BCUT2D eigenvalue weighted by molar-refractivity contribution is 7.99. The van der Waals surface area contributed by atoms with E-state index >= 15 is 0 Å². The van der Waals surface area contributed by atoms with Crippen molar-refractivity contribution in [3.8, 4) is 5.75 Å². The Balaban J connectivity index is 1.76. The van der Waals surface area contributed by atoms with E-state index in [4.69, 9.17) is 4.74 Å². The van der Waals surface area contributed by atoms with Crippen LogP contribution in [-0.2, 0) is 11.3 Å². The molecule has 0 aliphatic rings. The fourth-order valence-corrected chi connectivity index (χ4v) is 3.02. The summed E-state index contributed by atoms with van der Waals surface area (Å²) in [5, 5.41) is 0. The number of carbonyl (C=O) groups excluding carboxylic acids is 1. The van der Waals surface area contributed by atoms with Crippen molar-refractivity contribution in [2.45, 2.75) is 24.8 Å². The number of carbonyl (C=O) groups is 1. The number of aryl methyl sites for hydroxylation is 1.